The molecule has 2 fully saturated rings. The second-order valence-corrected chi connectivity index (χ2v) is 8.22. The van der Waals surface area contributed by atoms with Gasteiger partial charge >= 0.3 is 0 Å². The number of amides is 1. The summed E-state index contributed by atoms with van der Waals surface area (Å²) in [6, 6.07) is 5.60. The Morgan fingerprint density at radius 3 is 2.57 bits per heavy atom. The zero-order chi connectivity index (χ0) is 19.6. The smallest absolute Gasteiger partial charge is 0.274 e. The van der Waals surface area contributed by atoms with Gasteiger partial charge in [0.2, 0.25) is 0 Å². The molecule has 2 aliphatic heterocycles. The number of fused-ring (bicyclic) bond motifs is 3. The Kier molecular flexibility index (Phi) is 3.64. The third kappa shape index (κ3) is 2.47. The fourth-order valence-electron chi connectivity index (χ4n) is 5.12. The van der Waals surface area contributed by atoms with E-state index in [-0.39, 0.29) is 18.0 Å². The SMILES string of the molecule is Cc1cc(C)n2nc(C(=O)N3[C@H]4CC[C@H]3CC(O)(c3ccnn3C)C4)cc2n1. The molecule has 5 rings (SSSR count). The average molecular weight is 380 g/mol. The fraction of sp³-hybridized carbons (Fsp3) is 0.500. The molecule has 5 heterocycles. The van der Waals surface area contributed by atoms with Crippen LogP contribution in [-0.4, -0.2) is 52.4 Å². The molecular formula is C20H24N6O2. The van der Waals surface area contributed by atoms with Gasteiger partial charge in [0.1, 0.15) is 5.60 Å². The van der Waals surface area contributed by atoms with Crippen LogP contribution < -0.4 is 0 Å². The van der Waals surface area contributed by atoms with Crippen molar-refractivity contribution >= 4 is 11.6 Å². The second kappa shape index (κ2) is 5.88. The molecule has 2 saturated heterocycles. The van der Waals surface area contributed by atoms with Crippen LogP contribution in [0.15, 0.2) is 24.4 Å². The van der Waals surface area contributed by atoms with Gasteiger partial charge in [0.05, 0.1) is 5.69 Å². The molecule has 2 aliphatic rings. The molecule has 28 heavy (non-hydrogen) atoms. The van der Waals surface area contributed by atoms with Gasteiger partial charge in [-0.1, -0.05) is 0 Å². The quantitative estimate of drug-likeness (QED) is 0.731. The third-order valence-corrected chi connectivity index (χ3v) is 6.25. The first-order valence-corrected chi connectivity index (χ1v) is 9.73. The van der Waals surface area contributed by atoms with E-state index in [1.165, 1.54) is 0 Å². The molecule has 1 amide bonds. The van der Waals surface area contributed by atoms with Gasteiger partial charge in [0, 0.05) is 55.6 Å². The van der Waals surface area contributed by atoms with Crippen molar-refractivity contribution < 1.29 is 9.90 Å². The summed E-state index contributed by atoms with van der Waals surface area (Å²) in [4.78, 5) is 19.7. The van der Waals surface area contributed by atoms with Gasteiger partial charge in [0.15, 0.2) is 11.3 Å². The van der Waals surface area contributed by atoms with Gasteiger partial charge in [-0.05, 0) is 38.8 Å². The summed E-state index contributed by atoms with van der Waals surface area (Å²) in [6.45, 7) is 3.90. The van der Waals surface area contributed by atoms with Gasteiger partial charge < -0.3 is 10.0 Å². The van der Waals surface area contributed by atoms with E-state index in [9.17, 15) is 9.90 Å². The van der Waals surface area contributed by atoms with Crippen LogP contribution in [-0.2, 0) is 12.6 Å². The minimum absolute atomic E-state index is 0.00625. The van der Waals surface area contributed by atoms with Crippen LogP contribution >= 0.6 is 0 Å². The molecule has 8 nitrogen and oxygen atoms in total. The first-order chi connectivity index (χ1) is 13.4. The van der Waals surface area contributed by atoms with Crippen LogP contribution in [0, 0.1) is 13.8 Å². The number of aliphatic hydroxyl groups is 1. The lowest BCUT2D eigenvalue weighted by atomic mass is 9.83. The maximum Gasteiger partial charge on any atom is 0.274 e. The second-order valence-electron chi connectivity index (χ2n) is 8.22. The van der Waals surface area contributed by atoms with Gasteiger partial charge in [0.25, 0.3) is 5.91 Å². The Bertz CT molecular complexity index is 1070. The van der Waals surface area contributed by atoms with Crippen LogP contribution in [0.4, 0.5) is 0 Å². The van der Waals surface area contributed by atoms with Crippen LogP contribution in [0.2, 0.25) is 0 Å². The number of carbonyl (C=O) groups is 1. The molecule has 0 aliphatic carbocycles. The predicted molar refractivity (Wildman–Crippen MR) is 102 cm³/mol. The maximum absolute atomic E-state index is 13.3. The van der Waals surface area contributed by atoms with E-state index < -0.39 is 5.60 Å². The van der Waals surface area contributed by atoms with Crippen molar-refractivity contribution in [1.82, 2.24) is 29.3 Å². The van der Waals surface area contributed by atoms with E-state index in [0.717, 1.165) is 29.9 Å². The summed E-state index contributed by atoms with van der Waals surface area (Å²) in [5.41, 5.74) is 2.85. The average Bonchev–Trinajstić information content (AvgIpc) is 3.31. The molecule has 2 bridgehead atoms. The highest BCUT2D eigenvalue weighted by Gasteiger charge is 2.51. The van der Waals surface area contributed by atoms with Gasteiger partial charge in [-0.2, -0.15) is 10.2 Å². The van der Waals surface area contributed by atoms with Gasteiger partial charge in [-0.15, -0.1) is 0 Å². The maximum atomic E-state index is 13.3. The van der Waals surface area contributed by atoms with Gasteiger partial charge in [-0.3, -0.25) is 9.48 Å². The first kappa shape index (κ1) is 17.4. The number of rotatable bonds is 2. The largest absolute Gasteiger partial charge is 0.383 e. The molecule has 0 radical (unpaired) electrons. The van der Waals surface area contributed by atoms with Gasteiger partial charge in [-0.25, -0.2) is 9.50 Å². The topological polar surface area (TPSA) is 88.5 Å². The van der Waals surface area contributed by atoms with Crippen molar-refractivity contribution in [1.29, 1.82) is 0 Å². The minimum atomic E-state index is -0.942. The number of aryl methyl sites for hydroxylation is 3. The summed E-state index contributed by atoms with van der Waals surface area (Å²) in [5, 5.41) is 20.0. The standard InChI is InChI=1S/C20H24N6O2/c1-12-8-13(2)26-18(22-12)9-16(23-26)19(27)25-14-4-5-15(25)11-20(28,10-14)17-6-7-21-24(17)3/h6-9,14-15,28H,4-5,10-11H2,1-3H3/t14-,15-/m0/s1. The summed E-state index contributed by atoms with van der Waals surface area (Å²) in [7, 11) is 1.85. The van der Waals surface area contributed by atoms with E-state index in [1.54, 1.807) is 21.5 Å². The van der Waals surface area contributed by atoms with Crippen molar-refractivity contribution in [2.24, 2.45) is 7.05 Å². The number of aromatic nitrogens is 5. The minimum Gasteiger partial charge on any atom is -0.383 e. The molecule has 0 unspecified atom stereocenters. The van der Waals surface area contributed by atoms with Crippen molar-refractivity contribution in [3.05, 3.63) is 47.2 Å². The monoisotopic (exact) mass is 380 g/mol. The Hall–Kier alpha value is -2.74. The normalized spacial score (nSPS) is 26.9. The van der Waals surface area contributed by atoms with Crippen molar-refractivity contribution in [2.45, 2.75) is 57.2 Å². The molecule has 0 aromatic carbocycles. The van der Waals surface area contributed by atoms with E-state index in [0.29, 0.717) is 24.2 Å². The van der Waals surface area contributed by atoms with E-state index in [4.69, 9.17) is 0 Å². The van der Waals surface area contributed by atoms with Crippen molar-refractivity contribution in [3.63, 3.8) is 0 Å². The summed E-state index contributed by atoms with van der Waals surface area (Å²) < 4.78 is 3.45. The number of piperidine rings is 1. The molecule has 0 spiro atoms. The Balaban J connectivity index is 1.46. The molecule has 3 aromatic rings. The van der Waals surface area contributed by atoms with E-state index in [2.05, 4.69) is 15.2 Å². The molecule has 146 valence electrons. The first-order valence-electron chi connectivity index (χ1n) is 9.73. The van der Waals surface area contributed by atoms with Crippen LogP contribution in [0.3, 0.4) is 0 Å². The molecule has 8 heteroatoms. The highest BCUT2D eigenvalue weighted by Crippen LogP contribution is 2.46. The lowest BCUT2D eigenvalue weighted by molar-refractivity contribution is -0.0531. The number of nitrogens with zero attached hydrogens (tertiary/aromatic N) is 6. The highest BCUT2D eigenvalue weighted by atomic mass is 16.3. The number of carbonyl (C=O) groups excluding carboxylic acids is 1. The fourth-order valence-corrected chi connectivity index (χ4v) is 5.12. The zero-order valence-corrected chi connectivity index (χ0v) is 16.3. The van der Waals surface area contributed by atoms with Crippen molar-refractivity contribution in [3.8, 4) is 0 Å². The summed E-state index contributed by atoms with van der Waals surface area (Å²) >= 11 is 0. The molecule has 0 saturated carbocycles. The Morgan fingerprint density at radius 2 is 1.93 bits per heavy atom. The predicted octanol–water partition coefficient (Wildman–Crippen LogP) is 1.73. The molecule has 1 N–H and O–H groups in total. The molecule has 3 aromatic heterocycles. The van der Waals surface area contributed by atoms with Crippen molar-refractivity contribution in [2.75, 3.05) is 0 Å². The van der Waals surface area contributed by atoms with E-state index in [1.807, 2.05) is 37.9 Å². The Morgan fingerprint density at radius 1 is 1.21 bits per heavy atom. The lowest BCUT2D eigenvalue weighted by Gasteiger charge is -2.43. The number of hydrogen-bond donors (Lipinski definition) is 1. The number of hydrogen-bond acceptors (Lipinski definition) is 5. The van der Waals surface area contributed by atoms with Crippen LogP contribution in [0.25, 0.3) is 5.65 Å². The summed E-state index contributed by atoms with van der Waals surface area (Å²) in [6.07, 6.45) is 4.57. The lowest BCUT2D eigenvalue weighted by Crippen LogP contribution is -2.52. The van der Waals surface area contributed by atoms with Crippen LogP contribution in [0.1, 0.15) is 53.3 Å². The third-order valence-electron chi connectivity index (χ3n) is 6.25. The molecular weight excluding hydrogens is 356 g/mol. The highest BCUT2D eigenvalue weighted by molar-refractivity contribution is 5.94. The zero-order valence-electron chi connectivity index (χ0n) is 16.3. The molecule has 2 atom stereocenters. The van der Waals surface area contributed by atoms with E-state index >= 15 is 0 Å². The summed E-state index contributed by atoms with van der Waals surface area (Å²) in [5.74, 6) is -0.0675. The van der Waals surface area contributed by atoms with Crippen LogP contribution in [0.5, 0.6) is 0 Å². The Labute approximate surface area is 162 Å².